The molecular formula is C26H34FN3O. The molecule has 2 aromatic carbocycles. The van der Waals surface area contributed by atoms with Crippen LogP contribution in [0.25, 0.3) is 0 Å². The minimum atomic E-state index is -0.274. The van der Waals surface area contributed by atoms with Crippen LogP contribution < -0.4 is 9.80 Å². The summed E-state index contributed by atoms with van der Waals surface area (Å²) in [5.74, 6) is 0.232. The summed E-state index contributed by atoms with van der Waals surface area (Å²) < 4.78 is 14.9. The number of hydrogen-bond donors (Lipinski definition) is 0. The molecular weight excluding hydrogens is 389 g/mol. The van der Waals surface area contributed by atoms with Gasteiger partial charge in [0.2, 0.25) is 0 Å². The van der Waals surface area contributed by atoms with Gasteiger partial charge in [-0.15, -0.1) is 0 Å². The number of amides is 1. The molecule has 2 aromatic rings. The van der Waals surface area contributed by atoms with Crippen molar-refractivity contribution in [2.45, 2.75) is 50.5 Å². The Balaban J connectivity index is 1.44. The van der Waals surface area contributed by atoms with Crippen molar-refractivity contribution in [3.05, 3.63) is 59.4 Å². The lowest BCUT2D eigenvalue weighted by atomic mass is 9.84. The molecule has 1 aliphatic heterocycles. The van der Waals surface area contributed by atoms with E-state index >= 15 is 0 Å². The second kappa shape index (κ2) is 9.39. The molecule has 1 unspecified atom stereocenters. The Morgan fingerprint density at radius 1 is 0.968 bits per heavy atom. The molecule has 31 heavy (non-hydrogen) atoms. The SMILES string of the molecule is CN(C(=O)c1ccc(C2CCCCC2)cc1)c1ccc(N2CCC(N(C)C)C2)c(F)c1. The number of carbonyl (C=O) groups excluding carboxylic acids is 1. The highest BCUT2D eigenvalue weighted by atomic mass is 19.1. The normalized spacial score (nSPS) is 19.8. The highest BCUT2D eigenvalue weighted by Gasteiger charge is 2.26. The van der Waals surface area contributed by atoms with Crippen LogP contribution in [0.1, 0.15) is 60.4 Å². The van der Waals surface area contributed by atoms with Crippen LogP contribution in [0.5, 0.6) is 0 Å². The van der Waals surface area contributed by atoms with E-state index in [4.69, 9.17) is 0 Å². The lowest BCUT2D eigenvalue weighted by molar-refractivity contribution is 0.0993. The zero-order valence-electron chi connectivity index (χ0n) is 19.0. The van der Waals surface area contributed by atoms with E-state index in [1.165, 1.54) is 48.6 Å². The fraction of sp³-hybridized carbons (Fsp3) is 0.500. The van der Waals surface area contributed by atoms with Gasteiger partial charge in [0, 0.05) is 37.4 Å². The Morgan fingerprint density at radius 3 is 2.29 bits per heavy atom. The highest BCUT2D eigenvalue weighted by Crippen LogP contribution is 2.33. The smallest absolute Gasteiger partial charge is 0.258 e. The molecule has 0 aromatic heterocycles. The van der Waals surface area contributed by atoms with Gasteiger partial charge in [-0.25, -0.2) is 4.39 Å². The lowest BCUT2D eigenvalue weighted by Crippen LogP contribution is -2.31. The summed E-state index contributed by atoms with van der Waals surface area (Å²) in [7, 11) is 5.84. The van der Waals surface area contributed by atoms with Gasteiger partial charge in [-0.05, 0) is 75.2 Å². The van der Waals surface area contributed by atoms with Gasteiger partial charge in [0.25, 0.3) is 5.91 Å². The Kier molecular flexibility index (Phi) is 6.61. The molecule has 1 atom stereocenters. The van der Waals surface area contributed by atoms with Crippen LogP contribution in [-0.2, 0) is 0 Å². The molecule has 2 aliphatic rings. The van der Waals surface area contributed by atoms with Crippen LogP contribution in [-0.4, -0.2) is 51.1 Å². The number of halogens is 1. The van der Waals surface area contributed by atoms with Gasteiger partial charge in [0.15, 0.2) is 0 Å². The zero-order valence-corrected chi connectivity index (χ0v) is 19.0. The first-order chi connectivity index (χ1) is 14.9. The Bertz CT molecular complexity index is 905. The monoisotopic (exact) mass is 423 g/mol. The maximum Gasteiger partial charge on any atom is 0.258 e. The van der Waals surface area contributed by atoms with Gasteiger partial charge in [0.1, 0.15) is 5.82 Å². The molecule has 166 valence electrons. The topological polar surface area (TPSA) is 26.8 Å². The first-order valence-corrected chi connectivity index (χ1v) is 11.5. The molecule has 0 bridgehead atoms. The standard InChI is InChI=1S/C26H34FN3O/c1-28(2)23-15-16-30(18-23)25-14-13-22(17-24(25)27)29(3)26(31)21-11-9-20(10-12-21)19-7-5-4-6-8-19/h9-14,17,19,23H,4-8,15-16,18H2,1-3H3. The van der Waals surface area contributed by atoms with Crippen molar-refractivity contribution in [2.24, 2.45) is 0 Å². The Morgan fingerprint density at radius 2 is 1.68 bits per heavy atom. The summed E-state index contributed by atoms with van der Waals surface area (Å²) in [6.07, 6.45) is 7.44. The summed E-state index contributed by atoms with van der Waals surface area (Å²) >= 11 is 0. The first-order valence-electron chi connectivity index (χ1n) is 11.5. The third-order valence-electron chi connectivity index (χ3n) is 7.09. The fourth-order valence-corrected chi connectivity index (χ4v) is 4.99. The highest BCUT2D eigenvalue weighted by molar-refractivity contribution is 6.05. The Hall–Kier alpha value is -2.40. The van der Waals surface area contributed by atoms with E-state index in [1.807, 2.05) is 18.2 Å². The first kappa shape index (κ1) is 21.8. The maximum atomic E-state index is 14.9. The van der Waals surface area contributed by atoms with Gasteiger partial charge in [-0.2, -0.15) is 0 Å². The molecule has 1 saturated heterocycles. The van der Waals surface area contributed by atoms with E-state index in [-0.39, 0.29) is 11.7 Å². The number of anilines is 2. The number of carbonyl (C=O) groups is 1. The predicted molar refractivity (Wildman–Crippen MR) is 126 cm³/mol. The van der Waals surface area contributed by atoms with Crippen LogP contribution in [0.3, 0.4) is 0 Å². The lowest BCUT2D eigenvalue weighted by Gasteiger charge is -2.24. The molecule has 1 heterocycles. The second-order valence-electron chi connectivity index (χ2n) is 9.31. The van der Waals surface area contributed by atoms with Crippen LogP contribution in [0.4, 0.5) is 15.8 Å². The van der Waals surface area contributed by atoms with Gasteiger partial charge in [-0.1, -0.05) is 31.4 Å². The minimum absolute atomic E-state index is 0.115. The Labute approximate surface area is 185 Å². The van der Waals surface area contributed by atoms with E-state index in [1.54, 1.807) is 13.1 Å². The van der Waals surface area contributed by atoms with Crippen molar-refractivity contribution in [3.63, 3.8) is 0 Å². The van der Waals surface area contributed by atoms with E-state index in [0.29, 0.717) is 28.9 Å². The number of likely N-dealkylation sites (N-methyl/N-ethyl adjacent to an activating group) is 1. The van der Waals surface area contributed by atoms with E-state index < -0.39 is 0 Å². The number of rotatable bonds is 5. The largest absolute Gasteiger partial charge is 0.368 e. The molecule has 1 amide bonds. The van der Waals surface area contributed by atoms with Gasteiger partial charge < -0.3 is 14.7 Å². The van der Waals surface area contributed by atoms with Gasteiger partial charge in [-0.3, -0.25) is 4.79 Å². The summed E-state index contributed by atoms with van der Waals surface area (Å²) in [6.45, 7) is 1.67. The third-order valence-corrected chi connectivity index (χ3v) is 7.09. The molecule has 0 spiro atoms. The summed E-state index contributed by atoms with van der Waals surface area (Å²) in [5, 5.41) is 0. The van der Waals surface area contributed by atoms with Gasteiger partial charge >= 0.3 is 0 Å². The van der Waals surface area contributed by atoms with Crippen molar-refractivity contribution in [1.29, 1.82) is 0 Å². The molecule has 1 aliphatic carbocycles. The van der Waals surface area contributed by atoms with Crippen molar-refractivity contribution in [1.82, 2.24) is 4.90 Å². The molecule has 0 N–H and O–H groups in total. The van der Waals surface area contributed by atoms with Crippen LogP contribution >= 0.6 is 0 Å². The van der Waals surface area contributed by atoms with E-state index in [0.717, 1.165) is 19.5 Å². The summed E-state index contributed by atoms with van der Waals surface area (Å²) in [6, 6.07) is 13.6. The van der Waals surface area contributed by atoms with E-state index in [2.05, 4.69) is 36.0 Å². The average Bonchev–Trinajstić information content (AvgIpc) is 3.29. The molecule has 1 saturated carbocycles. The van der Waals surface area contributed by atoms with Crippen LogP contribution in [0.2, 0.25) is 0 Å². The van der Waals surface area contributed by atoms with Gasteiger partial charge in [0.05, 0.1) is 5.69 Å². The molecule has 2 fully saturated rings. The number of benzene rings is 2. The zero-order chi connectivity index (χ0) is 22.0. The predicted octanol–water partition coefficient (Wildman–Crippen LogP) is 5.29. The van der Waals surface area contributed by atoms with Crippen molar-refractivity contribution in [3.8, 4) is 0 Å². The van der Waals surface area contributed by atoms with Crippen LogP contribution in [0.15, 0.2) is 42.5 Å². The number of nitrogens with zero attached hydrogens (tertiary/aromatic N) is 3. The number of hydrogen-bond acceptors (Lipinski definition) is 3. The molecule has 4 nitrogen and oxygen atoms in total. The minimum Gasteiger partial charge on any atom is -0.368 e. The van der Waals surface area contributed by atoms with Crippen molar-refractivity contribution in [2.75, 3.05) is 44.0 Å². The summed E-state index contributed by atoms with van der Waals surface area (Å²) in [4.78, 5) is 18.8. The van der Waals surface area contributed by atoms with Crippen molar-refractivity contribution < 1.29 is 9.18 Å². The maximum absolute atomic E-state index is 14.9. The van der Waals surface area contributed by atoms with Crippen LogP contribution in [0, 0.1) is 5.82 Å². The second-order valence-corrected chi connectivity index (χ2v) is 9.31. The average molecular weight is 424 g/mol. The molecule has 0 radical (unpaired) electrons. The molecule has 5 heteroatoms. The molecule has 4 rings (SSSR count). The summed E-state index contributed by atoms with van der Waals surface area (Å²) in [5.41, 5.74) is 3.16. The van der Waals surface area contributed by atoms with Crippen molar-refractivity contribution >= 4 is 17.3 Å². The van der Waals surface area contributed by atoms with E-state index in [9.17, 15) is 9.18 Å². The third kappa shape index (κ3) is 4.77. The fourth-order valence-electron chi connectivity index (χ4n) is 4.99. The quantitative estimate of drug-likeness (QED) is 0.654.